The molecule has 164 valence electrons. The Hall–Kier alpha value is -3.61. The van der Waals surface area contributed by atoms with E-state index in [1.807, 2.05) is 24.0 Å². The quantitative estimate of drug-likeness (QED) is 0.558. The molecule has 0 bridgehead atoms. The number of nitrogens with one attached hydrogen (secondary N) is 1. The Morgan fingerprint density at radius 1 is 1.19 bits per heavy atom. The van der Waals surface area contributed by atoms with Crippen LogP contribution < -0.4 is 5.32 Å². The van der Waals surface area contributed by atoms with Crippen LogP contribution >= 0.6 is 0 Å². The Kier molecular flexibility index (Phi) is 6.54. The van der Waals surface area contributed by atoms with E-state index in [0.29, 0.717) is 41.6 Å². The summed E-state index contributed by atoms with van der Waals surface area (Å²) in [5.41, 5.74) is 2.59. The first-order valence-corrected chi connectivity index (χ1v) is 10.8. The zero-order chi connectivity index (χ0) is 22.5. The lowest BCUT2D eigenvalue weighted by molar-refractivity contribution is -0.132. The Morgan fingerprint density at radius 2 is 2.03 bits per heavy atom. The number of amides is 1. The number of halogens is 1. The monoisotopic (exact) mass is 432 g/mol. The van der Waals surface area contributed by atoms with Gasteiger partial charge < -0.3 is 10.2 Å². The number of benzene rings is 2. The van der Waals surface area contributed by atoms with Gasteiger partial charge in [0, 0.05) is 48.3 Å². The van der Waals surface area contributed by atoms with Crippen molar-refractivity contribution >= 4 is 23.7 Å². The molecule has 1 saturated heterocycles. The highest BCUT2D eigenvalue weighted by atomic mass is 19.1. The van der Waals surface area contributed by atoms with Gasteiger partial charge in [0.2, 0.25) is 5.91 Å². The number of carbonyl (C=O) groups excluding carboxylic acids is 2. The molecule has 1 fully saturated rings. The summed E-state index contributed by atoms with van der Waals surface area (Å²) in [5, 5.41) is 3.17. The van der Waals surface area contributed by atoms with Gasteiger partial charge in [-0.1, -0.05) is 31.2 Å². The van der Waals surface area contributed by atoms with Crippen molar-refractivity contribution in [1.29, 1.82) is 0 Å². The highest BCUT2D eigenvalue weighted by Crippen LogP contribution is 2.30. The molecule has 0 saturated carbocycles. The SMILES string of the molecule is CCC(=O)N1CCCC(c2nc(Nc3cccc(F)c3)cc(-c3cccc(C=O)c3)n2)C1. The molecule has 1 aliphatic heterocycles. The molecule has 1 aromatic heterocycles. The molecule has 1 unspecified atom stereocenters. The molecular weight excluding hydrogens is 407 g/mol. The standard InChI is InChI=1S/C25H25FN4O2/c1-2-24(32)30-11-5-8-19(15-30)25-28-22(18-7-3-6-17(12-18)16-31)14-23(29-25)27-21-10-4-9-20(26)13-21/h3-4,6-7,9-10,12-14,16,19H,2,5,8,11,15H2,1H3,(H,27,28,29). The van der Waals surface area contributed by atoms with Crippen LogP contribution in [-0.2, 0) is 4.79 Å². The van der Waals surface area contributed by atoms with Crippen LogP contribution in [-0.4, -0.2) is 40.2 Å². The summed E-state index contributed by atoms with van der Waals surface area (Å²) < 4.78 is 13.7. The summed E-state index contributed by atoms with van der Waals surface area (Å²) in [6, 6.07) is 15.2. The minimum atomic E-state index is -0.343. The Bertz CT molecular complexity index is 1130. The molecule has 3 aromatic rings. The predicted molar refractivity (Wildman–Crippen MR) is 121 cm³/mol. The normalized spacial score (nSPS) is 15.9. The van der Waals surface area contributed by atoms with Crippen LogP contribution in [0.15, 0.2) is 54.6 Å². The number of aromatic nitrogens is 2. The highest BCUT2D eigenvalue weighted by molar-refractivity contribution is 5.79. The lowest BCUT2D eigenvalue weighted by Gasteiger charge is -2.32. The van der Waals surface area contributed by atoms with E-state index in [2.05, 4.69) is 5.32 Å². The molecular formula is C25H25FN4O2. The minimum absolute atomic E-state index is 0.00140. The van der Waals surface area contributed by atoms with Gasteiger partial charge in [0.05, 0.1) is 5.69 Å². The highest BCUT2D eigenvalue weighted by Gasteiger charge is 2.26. The number of anilines is 2. The van der Waals surface area contributed by atoms with E-state index < -0.39 is 0 Å². The van der Waals surface area contributed by atoms with Gasteiger partial charge in [-0.3, -0.25) is 9.59 Å². The first-order valence-electron chi connectivity index (χ1n) is 10.8. The fourth-order valence-electron chi connectivity index (χ4n) is 3.98. The number of piperidine rings is 1. The third-order valence-corrected chi connectivity index (χ3v) is 5.60. The van der Waals surface area contributed by atoms with Crippen molar-refractivity contribution in [2.24, 2.45) is 0 Å². The molecule has 7 heteroatoms. The Morgan fingerprint density at radius 3 is 2.81 bits per heavy atom. The third kappa shape index (κ3) is 4.99. The van der Waals surface area contributed by atoms with Crippen LogP contribution in [0.2, 0.25) is 0 Å². The second-order valence-corrected chi connectivity index (χ2v) is 7.91. The van der Waals surface area contributed by atoms with Gasteiger partial charge in [0.15, 0.2) is 0 Å². The van der Waals surface area contributed by atoms with E-state index in [-0.39, 0.29) is 17.6 Å². The van der Waals surface area contributed by atoms with Crippen molar-refractivity contribution < 1.29 is 14.0 Å². The first-order chi connectivity index (χ1) is 15.6. The summed E-state index contributed by atoms with van der Waals surface area (Å²) in [6.45, 7) is 3.19. The smallest absolute Gasteiger partial charge is 0.222 e. The topological polar surface area (TPSA) is 75.2 Å². The molecule has 1 amide bonds. The van der Waals surface area contributed by atoms with Crippen LogP contribution in [0.25, 0.3) is 11.3 Å². The molecule has 0 radical (unpaired) electrons. The van der Waals surface area contributed by atoms with Crippen molar-refractivity contribution in [1.82, 2.24) is 14.9 Å². The molecule has 0 spiro atoms. The van der Waals surface area contributed by atoms with E-state index in [1.165, 1.54) is 12.1 Å². The minimum Gasteiger partial charge on any atom is -0.342 e. The summed E-state index contributed by atoms with van der Waals surface area (Å²) >= 11 is 0. The Balaban J connectivity index is 1.73. The van der Waals surface area contributed by atoms with Gasteiger partial charge in [-0.15, -0.1) is 0 Å². The van der Waals surface area contributed by atoms with Crippen LogP contribution in [0.5, 0.6) is 0 Å². The maximum atomic E-state index is 13.7. The van der Waals surface area contributed by atoms with Gasteiger partial charge >= 0.3 is 0 Å². The summed E-state index contributed by atoms with van der Waals surface area (Å²) in [4.78, 5) is 34.9. The van der Waals surface area contributed by atoms with E-state index in [9.17, 15) is 14.0 Å². The van der Waals surface area contributed by atoms with Crippen LogP contribution in [0.3, 0.4) is 0 Å². The molecule has 2 heterocycles. The van der Waals surface area contributed by atoms with Crippen molar-refractivity contribution in [3.05, 3.63) is 71.8 Å². The number of carbonyl (C=O) groups is 2. The average molecular weight is 432 g/mol. The van der Waals surface area contributed by atoms with Gasteiger partial charge in [-0.2, -0.15) is 0 Å². The van der Waals surface area contributed by atoms with Crippen LogP contribution in [0.1, 0.15) is 48.3 Å². The fourth-order valence-corrected chi connectivity index (χ4v) is 3.98. The maximum Gasteiger partial charge on any atom is 0.222 e. The Labute approximate surface area is 186 Å². The summed E-state index contributed by atoms with van der Waals surface area (Å²) in [7, 11) is 0. The average Bonchev–Trinajstić information content (AvgIpc) is 2.83. The first kappa shape index (κ1) is 21.6. The number of hydrogen-bond donors (Lipinski definition) is 1. The zero-order valence-corrected chi connectivity index (χ0v) is 17.9. The zero-order valence-electron chi connectivity index (χ0n) is 17.9. The van der Waals surface area contributed by atoms with Gasteiger partial charge in [-0.25, -0.2) is 14.4 Å². The second-order valence-electron chi connectivity index (χ2n) is 7.91. The van der Waals surface area contributed by atoms with Gasteiger partial charge in [-0.05, 0) is 37.1 Å². The van der Waals surface area contributed by atoms with Gasteiger partial charge in [0.25, 0.3) is 0 Å². The van der Waals surface area contributed by atoms with E-state index >= 15 is 0 Å². The molecule has 4 rings (SSSR count). The number of aldehydes is 1. The fraction of sp³-hybridized carbons (Fsp3) is 0.280. The number of nitrogens with zero attached hydrogens (tertiary/aromatic N) is 3. The molecule has 1 aliphatic rings. The molecule has 2 aromatic carbocycles. The van der Waals surface area contributed by atoms with Crippen molar-refractivity contribution in [2.45, 2.75) is 32.1 Å². The van der Waals surface area contributed by atoms with Crippen molar-refractivity contribution in [3.8, 4) is 11.3 Å². The van der Waals surface area contributed by atoms with Crippen molar-refractivity contribution in [3.63, 3.8) is 0 Å². The largest absolute Gasteiger partial charge is 0.342 e. The lowest BCUT2D eigenvalue weighted by atomic mass is 9.96. The van der Waals surface area contributed by atoms with Crippen molar-refractivity contribution in [2.75, 3.05) is 18.4 Å². The third-order valence-electron chi connectivity index (χ3n) is 5.60. The molecule has 1 N–H and O–H groups in total. The number of likely N-dealkylation sites (tertiary alicyclic amines) is 1. The van der Waals surface area contributed by atoms with Crippen LogP contribution in [0.4, 0.5) is 15.9 Å². The van der Waals surface area contributed by atoms with E-state index in [0.717, 1.165) is 31.2 Å². The summed E-state index contributed by atoms with van der Waals surface area (Å²) in [6.07, 6.45) is 3.04. The molecule has 0 aliphatic carbocycles. The number of hydrogen-bond acceptors (Lipinski definition) is 5. The van der Waals surface area contributed by atoms with Gasteiger partial charge in [0.1, 0.15) is 23.7 Å². The van der Waals surface area contributed by atoms with E-state index in [1.54, 1.807) is 30.3 Å². The maximum absolute atomic E-state index is 13.7. The summed E-state index contributed by atoms with van der Waals surface area (Å²) in [5.74, 6) is 0.950. The lowest BCUT2D eigenvalue weighted by Crippen LogP contribution is -2.39. The predicted octanol–water partition coefficient (Wildman–Crippen LogP) is 4.95. The van der Waals surface area contributed by atoms with E-state index in [4.69, 9.17) is 9.97 Å². The van der Waals surface area contributed by atoms with Crippen LogP contribution in [0, 0.1) is 5.82 Å². The molecule has 32 heavy (non-hydrogen) atoms. The molecule has 6 nitrogen and oxygen atoms in total. The second kappa shape index (κ2) is 9.68. The molecule has 1 atom stereocenters. The number of rotatable bonds is 6.